The van der Waals surface area contributed by atoms with E-state index in [1.165, 1.54) is 25.2 Å². The fourth-order valence-corrected chi connectivity index (χ4v) is 3.40. The predicted octanol–water partition coefficient (Wildman–Crippen LogP) is 4.40. The molecule has 0 spiro atoms. The number of ether oxygens (including phenoxy) is 1. The number of aryl methyl sites for hydroxylation is 2. The highest BCUT2D eigenvalue weighted by Crippen LogP contribution is 2.24. The maximum Gasteiger partial charge on any atom is 0.349 e. The van der Waals surface area contributed by atoms with Crippen molar-refractivity contribution < 1.29 is 19.1 Å². The number of thiophene rings is 1. The number of ketones is 1. The Hall–Kier alpha value is -2.47. The number of carbonyl (C=O) groups excluding carboxylic acids is 3. The Morgan fingerprint density at radius 3 is 2.42 bits per heavy atom. The van der Waals surface area contributed by atoms with Gasteiger partial charge in [-0.2, -0.15) is 0 Å². The average molecular weight is 373 g/mol. The molecule has 0 saturated carbocycles. The lowest BCUT2D eigenvalue weighted by Gasteiger charge is -2.13. The first-order valence-corrected chi connectivity index (χ1v) is 9.35. The molecule has 138 valence electrons. The molecule has 0 saturated heterocycles. The van der Waals surface area contributed by atoms with Crippen molar-refractivity contribution in [3.8, 4) is 0 Å². The molecule has 6 heteroatoms. The summed E-state index contributed by atoms with van der Waals surface area (Å²) in [5.41, 5.74) is 2.26. The van der Waals surface area contributed by atoms with Gasteiger partial charge in [0, 0.05) is 16.1 Å². The molecule has 1 aromatic heterocycles. The standard InChI is InChI=1S/C20H23NO4S/c1-5-6-16-11-18(26-14(16)4)20(24)25-13(3)19(23)21-17-9-7-15(8-10-17)12(2)22/h7-11,13H,5-6H2,1-4H3,(H,21,23)/t13-/m0/s1. The Labute approximate surface area is 157 Å². The summed E-state index contributed by atoms with van der Waals surface area (Å²) in [5, 5.41) is 2.68. The lowest BCUT2D eigenvalue weighted by Crippen LogP contribution is -2.29. The number of esters is 1. The Bertz CT molecular complexity index is 808. The van der Waals surface area contributed by atoms with Crippen molar-refractivity contribution in [2.45, 2.75) is 46.6 Å². The van der Waals surface area contributed by atoms with Gasteiger partial charge in [0.1, 0.15) is 4.88 Å². The number of carbonyl (C=O) groups is 3. The maximum atomic E-state index is 12.3. The molecule has 5 nitrogen and oxygen atoms in total. The number of nitrogens with one attached hydrogen (secondary N) is 1. The molecule has 2 aromatic rings. The summed E-state index contributed by atoms with van der Waals surface area (Å²) in [7, 11) is 0. The smallest absolute Gasteiger partial charge is 0.349 e. The second-order valence-corrected chi connectivity index (χ2v) is 7.37. The molecule has 26 heavy (non-hydrogen) atoms. The zero-order chi connectivity index (χ0) is 19.3. The maximum absolute atomic E-state index is 12.3. The van der Waals surface area contributed by atoms with Gasteiger partial charge in [-0.1, -0.05) is 13.3 Å². The van der Waals surface area contributed by atoms with Crippen molar-refractivity contribution in [3.63, 3.8) is 0 Å². The molecule has 1 heterocycles. The third kappa shape index (κ3) is 5.02. The second kappa shape index (κ2) is 8.76. The van der Waals surface area contributed by atoms with E-state index in [1.807, 2.05) is 13.0 Å². The van der Waals surface area contributed by atoms with Gasteiger partial charge in [-0.25, -0.2) is 4.79 Å². The second-order valence-electron chi connectivity index (χ2n) is 6.11. The molecule has 0 radical (unpaired) electrons. The minimum Gasteiger partial charge on any atom is -0.448 e. The van der Waals surface area contributed by atoms with E-state index in [0.29, 0.717) is 16.1 Å². The largest absolute Gasteiger partial charge is 0.448 e. The van der Waals surface area contributed by atoms with E-state index in [1.54, 1.807) is 24.3 Å². The summed E-state index contributed by atoms with van der Waals surface area (Å²) in [6.07, 6.45) is 1.00. The zero-order valence-electron chi connectivity index (χ0n) is 15.4. The highest BCUT2D eigenvalue weighted by atomic mass is 32.1. The molecule has 0 fully saturated rings. The van der Waals surface area contributed by atoms with Crippen LogP contribution < -0.4 is 5.32 Å². The number of Topliss-reactive ketones (excluding diaryl/α,β-unsaturated/α-hetero) is 1. The third-order valence-electron chi connectivity index (χ3n) is 3.95. The van der Waals surface area contributed by atoms with E-state index < -0.39 is 18.0 Å². The predicted molar refractivity (Wildman–Crippen MR) is 103 cm³/mol. The van der Waals surface area contributed by atoms with Crippen molar-refractivity contribution in [1.82, 2.24) is 0 Å². The normalized spacial score (nSPS) is 11.7. The average Bonchev–Trinajstić information content (AvgIpc) is 2.96. The van der Waals surface area contributed by atoms with Crippen molar-refractivity contribution >= 4 is 34.7 Å². The Morgan fingerprint density at radius 1 is 1.19 bits per heavy atom. The fraction of sp³-hybridized carbons (Fsp3) is 0.350. The first-order chi connectivity index (χ1) is 12.3. The van der Waals surface area contributed by atoms with E-state index in [4.69, 9.17) is 4.74 Å². The number of amides is 1. The van der Waals surface area contributed by atoms with Crippen LogP contribution in [-0.4, -0.2) is 23.8 Å². The van der Waals surface area contributed by atoms with Gasteiger partial charge in [0.2, 0.25) is 0 Å². The minimum atomic E-state index is -0.924. The highest BCUT2D eigenvalue weighted by Gasteiger charge is 2.21. The van der Waals surface area contributed by atoms with E-state index in [-0.39, 0.29) is 5.78 Å². The van der Waals surface area contributed by atoms with Crippen molar-refractivity contribution in [3.05, 3.63) is 51.2 Å². The molecule has 0 aliphatic heterocycles. The van der Waals surface area contributed by atoms with Gasteiger partial charge in [-0.05, 0) is 63.1 Å². The quantitative estimate of drug-likeness (QED) is 0.577. The van der Waals surface area contributed by atoms with Crippen LogP contribution in [0.1, 0.15) is 57.7 Å². The molecule has 1 atom stereocenters. The first kappa shape index (κ1) is 19.8. The molecule has 0 aliphatic carbocycles. The van der Waals surface area contributed by atoms with Crippen LogP contribution in [0.3, 0.4) is 0 Å². The number of anilines is 1. The SMILES string of the molecule is CCCc1cc(C(=O)O[C@@H](C)C(=O)Nc2ccc(C(C)=O)cc2)sc1C. The molecule has 0 bridgehead atoms. The van der Waals surface area contributed by atoms with E-state index in [2.05, 4.69) is 12.2 Å². The third-order valence-corrected chi connectivity index (χ3v) is 5.03. The summed E-state index contributed by atoms with van der Waals surface area (Å²) < 4.78 is 5.28. The Morgan fingerprint density at radius 2 is 1.85 bits per heavy atom. The Balaban J connectivity index is 1.96. The number of hydrogen-bond donors (Lipinski definition) is 1. The first-order valence-electron chi connectivity index (χ1n) is 8.54. The molecule has 1 amide bonds. The van der Waals surface area contributed by atoms with Crippen LogP contribution in [0.4, 0.5) is 5.69 Å². The summed E-state index contributed by atoms with van der Waals surface area (Å²) in [6.45, 7) is 7.08. The van der Waals surface area contributed by atoms with E-state index >= 15 is 0 Å². The molecule has 2 rings (SSSR count). The number of hydrogen-bond acceptors (Lipinski definition) is 5. The van der Waals surface area contributed by atoms with Gasteiger partial charge >= 0.3 is 5.97 Å². The molecule has 1 aromatic carbocycles. The lowest BCUT2D eigenvalue weighted by atomic mass is 10.1. The van der Waals surface area contributed by atoms with Crippen molar-refractivity contribution in [1.29, 1.82) is 0 Å². The van der Waals surface area contributed by atoms with Crippen LogP contribution in [-0.2, 0) is 16.0 Å². The molecular formula is C20H23NO4S. The highest BCUT2D eigenvalue weighted by molar-refractivity contribution is 7.14. The van der Waals surface area contributed by atoms with Crippen LogP contribution in [0, 0.1) is 6.92 Å². The molecular weight excluding hydrogens is 350 g/mol. The Kier molecular flexibility index (Phi) is 6.69. The summed E-state index contributed by atoms with van der Waals surface area (Å²) in [6, 6.07) is 8.40. The van der Waals surface area contributed by atoms with Crippen LogP contribution in [0.25, 0.3) is 0 Å². The van der Waals surface area contributed by atoms with Gasteiger partial charge in [-0.15, -0.1) is 11.3 Å². The minimum absolute atomic E-state index is 0.0427. The van der Waals surface area contributed by atoms with Crippen molar-refractivity contribution in [2.75, 3.05) is 5.32 Å². The summed E-state index contributed by atoms with van der Waals surface area (Å²) in [5.74, 6) is -0.954. The summed E-state index contributed by atoms with van der Waals surface area (Å²) >= 11 is 1.39. The van der Waals surface area contributed by atoms with Crippen molar-refractivity contribution in [2.24, 2.45) is 0 Å². The fourth-order valence-electron chi connectivity index (χ4n) is 2.44. The topological polar surface area (TPSA) is 72.5 Å². The summed E-state index contributed by atoms with van der Waals surface area (Å²) in [4.78, 5) is 37.4. The van der Waals surface area contributed by atoms with E-state index in [0.717, 1.165) is 23.3 Å². The van der Waals surface area contributed by atoms with Gasteiger partial charge in [0.15, 0.2) is 11.9 Å². The molecule has 0 aliphatic rings. The van der Waals surface area contributed by atoms with Crippen LogP contribution in [0.2, 0.25) is 0 Å². The zero-order valence-corrected chi connectivity index (χ0v) is 16.2. The molecule has 1 N–H and O–H groups in total. The van der Waals surface area contributed by atoms with Crippen LogP contribution >= 0.6 is 11.3 Å². The van der Waals surface area contributed by atoms with Gasteiger partial charge < -0.3 is 10.1 Å². The van der Waals surface area contributed by atoms with Gasteiger partial charge in [0.05, 0.1) is 0 Å². The monoisotopic (exact) mass is 373 g/mol. The lowest BCUT2D eigenvalue weighted by molar-refractivity contribution is -0.123. The number of benzene rings is 1. The van der Waals surface area contributed by atoms with Gasteiger partial charge in [0.25, 0.3) is 5.91 Å². The van der Waals surface area contributed by atoms with Gasteiger partial charge in [-0.3, -0.25) is 9.59 Å². The molecule has 0 unspecified atom stereocenters. The number of rotatable bonds is 7. The van der Waals surface area contributed by atoms with E-state index in [9.17, 15) is 14.4 Å². The van der Waals surface area contributed by atoms with Crippen LogP contribution in [0.15, 0.2) is 30.3 Å². The van der Waals surface area contributed by atoms with Crippen LogP contribution in [0.5, 0.6) is 0 Å².